The van der Waals surface area contributed by atoms with E-state index in [4.69, 9.17) is 22.8 Å². The number of para-hydroxylation sites is 1. The molecular formula is C15H10ClFO. The first-order valence-corrected chi connectivity index (χ1v) is 5.71. The lowest BCUT2D eigenvalue weighted by atomic mass is 10.0. The van der Waals surface area contributed by atoms with Crippen molar-refractivity contribution in [2.75, 3.05) is 6.61 Å². The van der Waals surface area contributed by atoms with E-state index in [9.17, 15) is 4.39 Å². The zero-order chi connectivity index (χ0) is 13.0. The van der Waals surface area contributed by atoms with Gasteiger partial charge in [0.2, 0.25) is 0 Å². The number of rotatable bonds is 3. The summed E-state index contributed by atoms with van der Waals surface area (Å²) in [4.78, 5) is 0. The van der Waals surface area contributed by atoms with Gasteiger partial charge in [-0.25, -0.2) is 4.39 Å². The Kier molecular flexibility index (Phi) is 3.86. The number of hydrogen-bond acceptors (Lipinski definition) is 1. The van der Waals surface area contributed by atoms with E-state index in [1.165, 1.54) is 12.1 Å². The zero-order valence-electron chi connectivity index (χ0n) is 9.49. The lowest BCUT2D eigenvalue weighted by molar-refractivity contribution is 0.371. The fraction of sp³-hybridized carbons (Fsp3) is 0.0667. The Balaban J connectivity index is 2.50. The van der Waals surface area contributed by atoms with Crippen LogP contribution in [-0.2, 0) is 0 Å². The molecule has 2 aromatic rings. The first-order valence-electron chi connectivity index (χ1n) is 5.33. The van der Waals surface area contributed by atoms with Crippen LogP contribution in [-0.4, -0.2) is 6.61 Å². The predicted octanol–water partition coefficient (Wildman–Crippen LogP) is 4.16. The van der Waals surface area contributed by atoms with Crippen molar-refractivity contribution in [1.82, 2.24) is 0 Å². The molecule has 0 amide bonds. The highest BCUT2D eigenvalue weighted by Crippen LogP contribution is 2.33. The third kappa shape index (κ3) is 2.64. The summed E-state index contributed by atoms with van der Waals surface area (Å²) in [6.07, 6.45) is 5.15. The van der Waals surface area contributed by atoms with E-state index in [-0.39, 0.29) is 12.4 Å². The molecule has 1 nitrogen and oxygen atoms in total. The molecule has 18 heavy (non-hydrogen) atoms. The van der Waals surface area contributed by atoms with Crippen LogP contribution in [0.1, 0.15) is 0 Å². The summed E-state index contributed by atoms with van der Waals surface area (Å²) in [7, 11) is 0. The average molecular weight is 261 g/mol. The minimum atomic E-state index is -0.351. The molecule has 0 fully saturated rings. The van der Waals surface area contributed by atoms with Gasteiger partial charge in [-0.3, -0.25) is 0 Å². The molecule has 0 unspecified atom stereocenters. The second kappa shape index (κ2) is 5.57. The Labute approximate surface area is 110 Å². The molecule has 0 N–H and O–H groups in total. The van der Waals surface area contributed by atoms with Gasteiger partial charge in [0.1, 0.15) is 18.2 Å². The van der Waals surface area contributed by atoms with Crippen molar-refractivity contribution >= 4 is 11.6 Å². The summed E-state index contributed by atoms with van der Waals surface area (Å²) in [5.41, 5.74) is 1.03. The molecule has 0 aliphatic heterocycles. The minimum Gasteiger partial charge on any atom is -0.480 e. The normalized spacial score (nSPS) is 9.83. The predicted molar refractivity (Wildman–Crippen MR) is 71.2 cm³/mol. The lowest BCUT2D eigenvalue weighted by Gasteiger charge is -2.10. The third-order valence-electron chi connectivity index (χ3n) is 2.42. The molecule has 0 bridgehead atoms. The SMILES string of the molecule is C#CCOc1ccccc1-c1cc(Cl)ccc1F. The average Bonchev–Trinajstić information content (AvgIpc) is 2.39. The van der Waals surface area contributed by atoms with Gasteiger partial charge in [-0.15, -0.1) is 6.42 Å². The van der Waals surface area contributed by atoms with Gasteiger partial charge in [0.25, 0.3) is 0 Å². The largest absolute Gasteiger partial charge is 0.480 e. The Bertz CT molecular complexity index is 602. The van der Waals surface area contributed by atoms with Crippen molar-refractivity contribution < 1.29 is 9.13 Å². The van der Waals surface area contributed by atoms with Crippen LogP contribution in [0.2, 0.25) is 5.02 Å². The van der Waals surface area contributed by atoms with Crippen molar-refractivity contribution in [3.05, 3.63) is 53.3 Å². The fourth-order valence-electron chi connectivity index (χ4n) is 1.64. The van der Waals surface area contributed by atoms with Crippen LogP contribution in [0.3, 0.4) is 0 Å². The van der Waals surface area contributed by atoms with Crippen molar-refractivity contribution in [3.8, 4) is 29.2 Å². The fourth-order valence-corrected chi connectivity index (χ4v) is 1.81. The number of halogens is 2. The molecule has 0 aromatic heterocycles. The summed E-state index contributed by atoms with van der Waals surface area (Å²) in [5.74, 6) is 2.57. The maximum atomic E-state index is 13.8. The van der Waals surface area contributed by atoms with Crippen molar-refractivity contribution in [3.63, 3.8) is 0 Å². The Hall–Kier alpha value is -1.98. The molecule has 2 rings (SSSR count). The van der Waals surface area contributed by atoms with E-state index in [2.05, 4.69) is 5.92 Å². The van der Waals surface area contributed by atoms with E-state index in [1.54, 1.807) is 30.3 Å². The van der Waals surface area contributed by atoms with Crippen LogP contribution in [0.25, 0.3) is 11.1 Å². The molecule has 0 radical (unpaired) electrons. The highest BCUT2D eigenvalue weighted by atomic mass is 35.5. The monoisotopic (exact) mass is 260 g/mol. The molecular weight excluding hydrogens is 251 g/mol. The van der Waals surface area contributed by atoms with E-state index in [0.29, 0.717) is 21.9 Å². The van der Waals surface area contributed by atoms with Crippen molar-refractivity contribution in [2.24, 2.45) is 0 Å². The second-order valence-corrected chi connectivity index (χ2v) is 4.05. The molecule has 0 aliphatic carbocycles. The molecule has 0 saturated carbocycles. The van der Waals surface area contributed by atoms with E-state index in [0.717, 1.165) is 0 Å². The Morgan fingerprint density at radius 2 is 1.94 bits per heavy atom. The van der Waals surface area contributed by atoms with Gasteiger partial charge in [0.15, 0.2) is 0 Å². The van der Waals surface area contributed by atoms with E-state index in [1.807, 2.05) is 0 Å². The van der Waals surface area contributed by atoms with Gasteiger partial charge < -0.3 is 4.74 Å². The van der Waals surface area contributed by atoms with Crippen LogP contribution >= 0.6 is 11.6 Å². The van der Waals surface area contributed by atoms with Crippen LogP contribution in [0, 0.1) is 18.2 Å². The Morgan fingerprint density at radius 1 is 1.17 bits per heavy atom. The van der Waals surface area contributed by atoms with E-state index < -0.39 is 0 Å². The van der Waals surface area contributed by atoms with Gasteiger partial charge in [0, 0.05) is 16.1 Å². The maximum absolute atomic E-state index is 13.8. The van der Waals surface area contributed by atoms with Gasteiger partial charge in [-0.05, 0) is 24.3 Å². The Morgan fingerprint density at radius 3 is 2.72 bits per heavy atom. The minimum absolute atomic E-state index is 0.138. The summed E-state index contributed by atoms with van der Waals surface area (Å²) in [6, 6.07) is 11.5. The van der Waals surface area contributed by atoms with Crippen LogP contribution in [0.4, 0.5) is 4.39 Å². The lowest BCUT2D eigenvalue weighted by Crippen LogP contribution is -1.96. The standard InChI is InChI=1S/C15H10ClFO/c1-2-9-18-15-6-4-3-5-12(15)13-10-11(16)7-8-14(13)17/h1,3-8,10H,9H2. The van der Waals surface area contributed by atoms with Gasteiger partial charge in [-0.2, -0.15) is 0 Å². The summed E-state index contributed by atoms with van der Waals surface area (Å²) < 4.78 is 19.2. The van der Waals surface area contributed by atoms with Crippen LogP contribution < -0.4 is 4.74 Å². The quantitative estimate of drug-likeness (QED) is 0.753. The summed E-state index contributed by atoms with van der Waals surface area (Å²) in [5, 5.41) is 0.471. The number of benzene rings is 2. The van der Waals surface area contributed by atoms with Crippen LogP contribution in [0.5, 0.6) is 5.75 Å². The second-order valence-electron chi connectivity index (χ2n) is 3.61. The topological polar surface area (TPSA) is 9.23 Å². The number of terminal acetylenes is 1. The molecule has 0 atom stereocenters. The first-order chi connectivity index (χ1) is 8.72. The first kappa shape index (κ1) is 12.5. The molecule has 0 heterocycles. The zero-order valence-corrected chi connectivity index (χ0v) is 10.2. The highest BCUT2D eigenvalue weighted by Gasteiger charge is 2.10. The molecule has 0 saturated heterocycles. The van der Waals surface area contributed by atoms with Crippen LogP contribution in [0.15, 0.2) is 42.5 Å². The molecule has 3 heteroatoms. The molecule has 2 aromatic carbocycles. The van der Waals surface area contributed by atoms with E-state index >= 15 is 0 Å². The number of ether oxygens (including phenoxy) is 1. The molecule has 0 spiro atoms. The third-order valence-corrected chi connectivity index (χ3v) is 2.65. The molecule has 0 aliphatic rings. The van der Waals surface area contributed by atoms with Gasteiger partial charge in [0.05, 0.1) is 0 Å². The van der Waals surface area contributed by atoms with Gasteiger partial charge in [-0.1, -0.05) is 35.7 Å². The smallest absolute Gasteiger partial charge is 0.148 e. The molecule has 90 valence electrons. The van der Waals surface area contributed by atoms with Crippen molar-refractivity contribution in [2.45, 2.75) is 0 Å². The maximum Gasteiger partial charge on any atom is 0.148 e. The van der Waals surface area contributed by atoms with Gasteiger partial charge >= 0.3 is 0 Å². The summed E-state index contributed by atoms with van der Waals surface area (Å²) >= 11 is 5.88. The van der Waals surface area contributed by atoms with Crippen molar-refractivity contribution in [1.29, 1.82) is 0 Å². The highest BCUT2D eigenvalue weighted by molar-refractivity contribution is 6.30. The summed E-state index contributed by atoms with van der Waals surface area (Å²) in [6.45, 7) is 0.138. The number of hydrogen-bond donors (Lipinski definition) is 0.